The molecule has 5 rings (SSSR count). The van der Waals surface area contributed by atoms with Crippen molar-refractivity contribution in [3.8, 4) is 0 Å². The number of alkyl halides is 1. The molecule has 0 bridgehead atoms. The molecule has 1 aromatic heterocycles. The quantitative estimate of drug-likeness (QED) is 0.122. The zero-order valence-corrected chi connectivity index (χ0v) is 23.9. The lowest BCUT2D eigenvalue weighted by Crippen LogP contribution is -2.80. The predicted molar refractivity (Wildman–Crippen MR) is 149 cm³/mol. The Morgan fingerprint density at radius 2 is 1.82 bits per heavy atom. The maximum absolute atomic E-state index is 14.0. The van der Waals surface area contributed by atoms with Gasteiger partial charge in [0.05, 0.1) is 0 Å². The smallest absolute Gasteiger partial charge is 0.356 e. The highest BCUT2D eigenvalue weighted by Crippen LogP contribution is 2.48. The van der Waals surface area contributed by atoms with Crippen LogP contribution in [0.3, 0.4) is 0 Å². The Bertz CT molecular complexity index is 1400. The number of benzene rings is 2. The highest BCUT2D eigenvalue weighted by atomic mass is 35.5. The summed E-state index contributed by atoms with van der Waals surface area (Å²) in [6.07, 6.45) is -0.716. The second kappa shape index (κ2) is 12.0. The number of methoxy groups -OCH3 is 1. The van der Waals surface area contributed by atoms with Crippen molar-refractivity contribution in [2.75, 3.05) is 24.5 Å². The van der Waals surface area contributed by atoms with Crippen LogP contribution in [0.4, 0.5) is 0 Å². The number of esters is 1. The normalized spacial score (nSPS) is 20.2. The molecule has 0 spiro atoms. The van der Waals surface area contributed by atoms with Crippen LogP contribution in [0.15, 0.2) is 77.1 Å². The van der Waals surface area contributed by atoms with E-state index >= 15 is 0 Å². The van der Waals surface area contributed by atoms with Gasteiger partial charge < -0.3 is 14.8 Å². The Kier molecular flexibility index (Phi) is 8.45. The van der Waals surface area contributed by atoms with Crippen LogP contribution < -0.4 is 5.32 Å². The number of carbonyl (C=O) groups excluding carboxylic acids is 3. The molecule has 0 saturated carbocycles. The number of ether oxygens (including phenoxy) is 2. The minimum absolute atomic E-state index is 0.112. The molecule has 2 aliphatic heterocycles. The molecule has 2 amide bonds. The van der Waals surface area contributed by atoms with Gasteiger partial charge in [0.1, 0.15) is 17.0 Å². The van der Waals surface area contributed by atoms with Gasteiger partial charge in [-0.15, -0.1) is 28.5 Å². The number of rotatable bonds is 10. The molecule has 2 atom stereocenters. The fourth-order valence-corrected chi connectivity index (χ4v) is 7.02. The number of hydrogen-bond donors (Lipinski definition) is 1. The SMILES string of the molecule is CO[C@@]1(NC(=O)CCl)C(=O)N2C(C(=O)OC(c3ccccc3)c3ccccc3)=C(CSc3nnnn3C)CS[C@@H]21. The Morgan fingerprint density at radius 3 is 2.38 bits per heavy atom. The molecule has 2 aliphatic rings. The second-order valence-electron chi connectivity index (χ2n) is 8.89. The highest BCUT2D eigenvalue weighted by Gasteiger charge is 2.66. The molecule has 1 fully saturated rings. The molecular formula is C26H25ClN6O5S2. The average molecular weight is 601 g/mol. The summed E-state index contributed by atoms with van der Waals surface area (Å²) in [6.45, 7) is 0. The van der Waals surface area contributed by atoms with Gasteiger partial charge in [-0.1, -0.05) is 72.4 Å². The monoisotopic (exact) mass is 600 g/mol. The van der Waals surface area contributed by atoms with Crippen molar-refractivity contribution in [2.24, 2.45) is 7.05 Å². The van der Waals surface area contributed by atoms with Crippen LogP contribution >= 0.6 is 35.1 Å². The number of amides is 2. The van der Waals surface area contributed by atoms with Gasteiger partial charge in [0.2, 0.25) is 11.1 Å². The Balaban J connectivity index is 1.51. The van der Waals surface area contributed by atoms with Gasteiger partial charge in [-0.25, -0.2) is 9.48 Å². The minimum atomic E-state index is -1.65. The van der Waals surface area contributed by atoms with Crippen molar-refractivity contribution in [1.29, 1.82) is 0 Å². The van der Waals surface area contributed by atoms with E-state index in [0.717, 1.165) is 11.1 Å². The summed E-state index contributed by atoms with van der Waals surface area (Å²) in [5, 5.41) is 13.9. The van der Waals surface area contributed by atoms with Crippen molar-refractivity contribution in [1.82, 2.24) is 30.4 Å². The zero-order valence-electron chi connectivity index (χ0n) is 21.5. The van der Waals surface area contributed by atoms with Crippen molar-refractivity contribution in [2.45, 2.75) is 22.4 Å². The maximum Gasteiger partial charge on any atom is 0.356 e. The first-order valence-electron chi connectivity index (χ1n) is 12.1. The van der Waals surface area contributed by atoms with Crippen molar-refractivity contribution in [3.63, 3.8) is 0 Å². The number of tetrazole rings is 1. The number of aromatic nitrogens is 4. The molecule has 1 N–H and O–H groups in total. The number of thioether (sulfide) groups is 2. The van der Waals surface area contributed by atoms with E-state index in [0.29, 0.717) is 22.2 Å². The summed E-state index contributed by atoms with van der Waals surface area (Å²) < 4.78 is 13.2. The van der Waals surface area contributed by atoms with Crippen LogP contribution in [-0.4, -0.2) is 78.5 Å². The van der Waals surface area contributed by atoms with E-state index in [9.17, 15) is 14.4 Å². The van der Waals surface area contributed by atoms with Crippen molar-refractivity contribution in [3.05, 3.63) is 83.1 Å². The molecule has 0 aliphatic carbocycles. The fourth-order valence-electron chi connectivity index (χ4n) is 4.53. The topological polar surface area (TPSA) is 129 Å². The third-order valence-corrected chi connectivity index (χ3v) is 9.17. The Labute approximate surface area is 243 Å². The molecule has 3 heterocycles. The summed E-state index contributed by atoms with van der Waals surface area (Å²) in [5.74, 6) is -1.45. The molecule has 208 valence electrons. The average Bonchev–Trinajstić information content (AvgIpc) is 3.41. The molecule has 0 unspecified atom stereocenters. The lowest BCUT2D eigenvalue weighted by atomic mass is 9.98. The number of aryl methyl sites for hydroxylation is 1. The van der Waals surface area contributed by atoms with Gasteiger partial charge in [0.15, 0.2) is 6.10 Å². The lowest BCUT2D eigenvalue weighted by Gasteiger charge is -2.56. The predicted octanol–water partition coefficient (Wildman–Crippen LogP) is 2.50. The number of fused-ring (bicyclic) bond motifs is 1. The van der Waals surface area contributed by atoms with Gasteiger partial charge in [-0.05, 0) is 27.1 Å². The van der Waals surface area contributed by atoms with Gasteiger partial charge >= 0.3 is 5.97 Å². The van der Waals surface area contributed by atoms with Crippen LogP contribution in [0, 0.1) is 0 Å². The molecule has 2 aromatic carbocycles. The summed E-state index contributed by atoms with van der Waals surface area (Å²) >= 11 is 8.40. The first-order valence-corrected chi connectivity index (χ1v) is 14.7. The standard InChI is InChI=1S/C26H25ClN6O5S2/c1-32-25(29-30-31-32)40-15-18-14-39-24-26(37-2,28-19(34)13-27)23(36)33(24)20(18)22(35)38-21(16-9-5-3-6-10-16)17-11-7-4-8-12-17/h3-12,21,24H,13-15H2,1-2H3,(H,28,34)/t24-,26+/m1/s1. The van der Waals surface area contributed by atoms with Gasteiger partial charge in [-0.3, -0.25) is 14.5 Å². The van der Waals surface area contributed by atoms with Crippen LogP contribution in [0.5, 0.6) is 0 Å². The molecule has 14 heteroatoms. The zero-order chi connectivity index (χ0) is 28.3. The molecule has 11 nitrogen and oxygen atoms in total. The van der Waals surface area contributed by atoms with E-state index in [2.05, 4.69) is 20.8 Å². The van der Waals surface area contributed by atoms with E-state index in [1.54, 1.807) is 7.05 Å². The molecule has 0 radical (unpaired) electrons. The molecule has 3 aromatic rings. The number of hydrogen-bond acceptors (Lipinski definition) is 10. The number of halogens is 1. The summed E-state index contributed by atoms with van der Waals surface area (Å²) in [7, 11) is 3.05. The fraction of sp³-hybridized carbons (Fsp3) is 0.308. The largest absolute Gasteiger partial charge is 0.448 e. The van der Waals surface area contributed by atoms with Crippen LogP contribution in [0.1, 0.15) is 17.2 Å². The number of nitrogens with zero attached hydrogens (tertiary/aromatic N) is 5. The number of nitrogens with one attached hydrogen (secondary N) is 1. The summed E-state index contributed by atoms with van der Waals surface area (Å²) in [5.41, 5.74) is 0.691. The molecule has 1 saturated heterocycles. The maximum atomic E-state index is 14.0. The van der Waals surface area contributed by atoms with E-state index in [-0.39, 0.29) is 11.6 Å². The Morgan fingerprint density at radius 1 is 1.18 bits per heavy atom. The van der Waals surface area contributed by atoms with E-state index in [4.69, 9.17) is 21.1 Å². The van der Waals surface area contributed by atoms with Gasteiger partial charge in [-0.2, -0.15) is 0 Å². The Hall–Kier alpha value is -3.39. The first kappa shape index (κ1) is 28.1. The number of carbonyl (C=O) groups is 3. The molecule has 40 heavy (non-hydrogen) atoms. The third kappa shape index (κ3) is 5.21. The van der Waals surface area contributed by atoms with E-state index in [1.165, 1.54) is 40.2 Å². The van der Waals surface area contributed by atoms with Crippen LogP contribution in [-0.2, 0) is 30.9 Å². The number of β-lactam (4-membered cyclic amide) rings is 1. The first-order chi connectivity index (χ1) is 19.4. The van der Waals surface area contributed by atoms with Crippen molar-refractivity contribution < 1.29 is 23.9 Å². The highest BCUT2D eigenvalue weighted by molar-refractivity contribution is 8.01. The third-order valence-electron chi connectivity index (χ3n) is 6.46. The molecular weight excluding hydrogens is 576 g/mol. The van der Waals surface area contributed by atoms with E-state index < -0.39 is 35.0 Å². The van der Waals surface area contributed by atoms with E-state index in [1.807, 2.05) is 60.7 Å². The van der Waals surface area contributed by atoms with Crippen molar-refractivity contribution >= 4 is 52.9 Å². The summed E-state index contributed by atoms with van der Waals surface area (Å²) in [6, 6.07) is 18.8. The minimum Gasteiger partial charge on any atom is -0.448 e. The lowest BCUT2D eigenvalue weighted by molar-refractivity contribution is -0.192. The van der Waals surface area contributed by atoms with Crippen LogP contribution in [0.2, 0.25) is 0 Å². The second-order valence-corrected chi connectivity index (χ2v) is 11.2. The van der Waals surface area contributed by atoms with Crippen LogP contribution in [0.25, 0.3) is 0 Å². The summed E-state index contributed by atoms with van der Waals surface area (Å²) in [4.78, 5) is 41.2. The van der Waals surface area contributed by atoms with Gasteiger partial charge in [0, 0.05) is 25.7 Å². The van der Waals surface area contributed by atoms with Gasteiger partial charge in [0.25, 0.3) is 11.6 Å².